The van der Waals surface area contributed by atoms with E-state index in [1.807, 2.05) is 41.3 Å². The van der Waals surface area contributed by atoms with E-state index in [-0.39, 0.29) is 11.7 Å². The van der Waals surface area contributed by atoms with Gasteiger partial charge in [0.1, 0.15) is 0 Å². The third-order valence-electron chi connectivity index (χ3n) is 7.93. The topological polar surface area (TPSA) is 53.5 Å². The molecule has 2 aromatic carbocycles. The number of fused-ring (bicyclic) bond motifs is 1. The van der Waals surface area contributed by atoms with E-state index in [0.29, 0.717) is 34.8 Å². The van der Waals surface area contributed by atoms with Gasteiger partial charge in [-0.1, -0.05) is 35.3 Å². The molecule has 5 rings (SSSR count). The Balaban J connectivity index is 1.08. The first kappa shape index (κ1) is 26.1. The molecule has 5 nitrogen and oxygen atoms in total. The second kappa shape index (κ2) is 11.9. The average Bonchev–Trinajstić information content (AvgIpc) is 2.93. The van der Waals surface area contributed by atoms with Gasteiger partial charge >= 0.3 is 0 Å². The molecule has 2 fully saturated rings. The Morgan fingerprint density at radius 2 is 1.78 bits per heavy atom. The van der Waals surface area contributed by atoms with Crippen molar-refractivity contribution in [2.45, 2.75) is 51.0 Å². The fraction of sp³-hybridized carbons (Fsp3) is 0.433. The first-order valence-electron chi connectivity index (χ1n) is 13.3. The lowest BCUT2D eigenvalue weighted by Gasteiger charge is -2.42. The molecule has 2 saturated heterocycles. The van der Waals surface area contributed by atoms with Gasteiger partial charge in [0.2, 0.25) is 5.91 Å². The number of ketones is 1. The number of rotatable bonds is 7. The number of pyridine rings is 1. The fourth-order valence-corrected chi connectivity index (χ4v) is 6.13. The predicted molar refractivity (Wildman–Crippen MR) is 149 cm³/mol. The van der Waals surface area contributed by atoms with Crippen LogP contribution in [0.15, 0.2) is 54.7 Å². The number of amides is 1. The van der Waals surface area contributed by atoms with Crippen molar-refractivity contribution in [1.82, 2.24) is 14.8 Å². The number of carbonyl (C=O) groups is 2. The number of halogens is 2. The highest BCUT2D eigenvalue weighted by molar-refractivity contribution is 6.42. The van der Waals surface area contributed by atoms with E-state index in [0.717, 1.165) is 67.5 Å². The second-order valence-electron chi connectivity index (χ2n) is 10.4. The number of piperidine rings is 2. The molecule has 1 unspecified atom stereocenters. The lowest BCUT2D eigenvalue weighted by atomic mass is 9.89. The fourth-order valence-electron chi connectivity index (χ4n) is 5.81. The SMILES string of the molecule is O=C(CCC1CCCN(C2CCN(C(=O)Cc3ccc(Cl)c(Cl)c3)CC2)C1)c1ccc2ncccc2c1. The quantitative estimate of drug-likeness (QED) is 0.325. The summed E-state index contributed by atoms with van der Waals surface area (Å²) in [5, 5.41) is 2.01. The molecule has 1 amide bonds. The van der Waals surface area contributed by atoms with Crippen LogP contribution in [0, 0.1) is 5.92 Å². The highest BCUT2D eigenvalue weighted by atomic mass is 35.5. The van der Waals surface area contributed by atoms with Crippen LogP contribution >= 0.6 is 23.2 Å². The maximum Gasteiger partial charge on any atom is 0.226 e. The summed E-state index contributed by atoms with van der Waals surface area (Å²) in [6, 6.07) is 15.6. The highest BCUT2D eigenvalue weighted by Gasteiger charge is 2.30. The van der Waals surface area contributed by atoms with E-state index in [9.17, 15) is 9.59 Å². The van der Waals surface area contributed by atoms with E-state index < -0.39 is 0 Å². The van der Waals surface area contributed by atoms with Gasteiger partial charge in [0.25, 0.3) is 0 Å². The van der Waals surface area contributed by atoms with Crippen LogP contribution in [0.3, 0.4) is 0 Å². The van der Waals surface area contributed by atoms with Crippen LogP contribution in [0.25, 0.3) is 10.9 Å². The summed E-state index contributed by atoms with van der Waals surface area (Å²) >= 11 is 12.1. The van der Waals surface area contributed by atoms with Crippen LogP contribution in [-0.4, -0.2) is 58.7 Å². The van der Waals surface area contributed by atoms with Gasteiger partial charge in [-0.2, -0.15) is 0 Å². The Hall–Kier alpha value is -2.47. The molecular formula is C30H33Cl2N3O2. The zero-order chi connectivity index (χ0) is 25.8. The number of aromatic nitrogens is 1. The summed E-state index contributed by atoms with van der Waals surface area (Å²) in [7, 11) is 0. The number of hydrogen-bond acceptors (Lipinski definition) is 4. The van der Waals surface area contributed by atoms with E-state index in [4.69, 9.17) is 23.2 Å². The first-order valence-corrected chi connectivity index (χ1v) is 14.1. The Kier molecular flexibility index (Phi) is 8.43. The van der Waals surface area contributed by atoms with Gasteiger partial charge in [0.05, 0.1) is 22.0 Å². The summed E-state index contributed by atoms with van der Waals surface area (Å²) in [4.78, 5) is 34.7. The molecule has 1 atom stereocenters. The third-order valence-corrected chi connectivity index (χ3v) is 8.67. The highest BCUT2D eigenvalue weighted by Crippen LogP contribution is 2.28. The van der Waals surface area contributed by atoms with Crippen molar-refractivity contribution in [2.24, 2.45) is 5.92 Å². The molecule has 0 radical (unpaired) electrons. The number of hydrogen-bond donors (Lipinski definition) is 0. The lowest BCUT2D eigenvalue weighted by Crippen LogP contribution is -2.49. The summed E-state index contributed by atoms with van der Waals surface area (Å²) < 4.78 is 0. The van der Waals surface area contributed by atoms with Gasteiger partial charge in [0, 0.05) is 49.2 Å². The van der Waals surface area contributed by atoms with Crippen molar-refractivity contribution < 1.29 is 9.59 Å². The second-order valence-corrected chi connectivity index (χ2v) is 11.2. The molecule has 2 aliphatic heterocycles. The largest absolute Gasteiger partial charge is 0.342 e. The molecule has 0 bridgehead atoms. The maximum atomic E-state index is 12.9. The molecule has 194 valence electrons. The predicted octanol–water partition coefficient (Wildman–Crippen LogP) is 6.45. The molecule has 1 aromatic heterocycles. The number of Topliss-reactive ketones (excluding diaryl/α,β-unsaturated/α-hetero) is 1. The Bertz CT molecular complexity index is 1270. The molecule has 7 heteroatoms. The van der Waals surface area contributed by atoms with Gasteiger partial charge in [0.15, 0.2) is 5.78 Å². The normalized spacial score (nSPS) is 19.3. The number of carbonyl (C=O) groups excluding carboxylic acids is 2. The molecule has 0 saturated carbocycles. The summed E-state index contributed by atoms with van der Waals surface area (Å²) in [5.41, 5.74) is 2.60. The van der Waals surface area contributed by atoms with Crippen molar-refractivity contribution in [3.05, 3.63) is 75.9 Å². The molecule has 3 heterocycles. The van der Waals surface area contributed by atoms with Gasteiger partial charge < -0.3 is 4.90 Å². The van der Waals surface area contributed by atoms with Crippen LogP contribution in [0.5, 0.6) is 0 Å². The minimum absolute atomic E-state index is 0.149. The summed E-state index contributed by atoms with van der Waals surface area (Å²) in [6.07, 6.45) is 8.03. The molecule has 0 N–H and O–H groups in total. The van der Waals surface area contributed by atoms with Gasteiger partial charge in [-0.25, -0.2) is 0 Å². The first-order chi connectivity index (χ1) is 18.0. The molecule has 37 heavy (non-hydrogen) atoms. The molecule has 0 aliphatic carbocycles. The average molecular weight is 539 g/mol. The van der Waals surface area contributed by atoms with Gasteiger partial charge in [-0.15, -0.1) is 0 Å². The van der Waals surface area contributed by atoms with Crippen LogP contribution in [0.4, 0.5) is 0 Å². The standard InChI is InChI=1S/C30H33Cl2N3O2/c31-26-8-5-22(17-27(26)32)18-30(37)34-15-11-25(12-16-34)35-14-2-3-21(20-35)6-10-29(36)24-7-9-28-23(19-24)4-1-13-33-28/h1,4-5,7-9,13,17,19,21,25H,2-3,6,10-12,14-16,18,20H2. The van der Waals surface area contributed by atoms with Crippen LogP contribution in [0.2, 0.25) is 10.0 Å². The zero-order valence-corrected chi connectivity index (χ0v) is 22.6. The third kappa shape index (κ3) is 6.51. The number of benzene rings is 2. The number of nitrogens with zero attached hydrogens (tertiary/aromatic N) is 3. The molecule has 3 aromatic rings. The Morgan fingerprint density at radius 1 is 0.946 bits per heavy atom. The monoisotopic (exact) mass is 537 g/mol. The Labute approximate surface area is 228 Å². The maximum absolute atomic E-state index is 12.9. The van der Waals surface area contributed by atoms with Crippen LogP contribution in [0.1, 0.15) is 54.4 Å². The van der Waals surface area contributed by atoms with E-state index in [1.54, 1.807) is 18.3 Å². The van der Waals surface area contributed by atoms with Crippen molar-refractivity contribution in [2.75, 3.05) is 26.2 Å². The molecule has 2 aliphatic rings. The molecule has 0 spiro atoms. The smallest absolute Gasteiger partial charge is 0.226 e. The van der Waals surface area contributed by atoms with Crippen molar-refractivity contribution in [3.8, 4) is 0 Å². The number of likely N-dealkylation sites (tertiary alicyclic amines) is 2. The minimum atomic E-state index is 0.149. The van der Waals surface area contributed by atoms with Crippen molar-refractivity contribution in [3.63, 3.8) is 0 Å². The van der Waals surface area contributed by atoms with Crippen LogP contribution < -0.4 is 0 Å². The minimum Gasteiger partial charge on any atom is -0.342 e. The van der Waals surface area contributed by atoms with E-state index >= 15 is 0 Å². The van der Waals surface area contributed by atoms with E-state index in [2.05, 4.69) is 9.88 Å². The van der Waals surface area contributed by atoms with Crippen molar-refractivity contribution >= 4 is 45.8 Å². The Morgan fingerprint density at radius 3 is 2.59 bits per heavy atom. The van der Waals surface area contributed by atoms with Crippen molar-refractivity contribution in [1.29, 1.82) is 0 Å². The van der Waals surface area contributed by atoms with Gasteiger partial charge in [-0.05, 0) is 86.5 Å². The zero-order valence-electron chi connectivity index (χ0n) is 21.0. The summed E-state index contributed by atoms with van der Waals surface area (Å²) in [6.45, 7) is 3.75. The molecular weight excluding hydrogens is 505 g/mol. The summed E-state index contributed by atoms with van der Waals surface area (Å²) in [5.74, 6) is 0.919. The van der Waals surface area contributed by atoms with E-state index in [1.165, 1.54) is 12.8 Å². The van der Waals surface area contributed by atoms with Gasteiger partial charge in [-0.3, -0.25) is 19.5 Å². The lowest BCUT2D eigenvalue weighted by molar-refractivity contribution is -0.132. The van der Waals surface area contributed by atoms with Crippen LogP contribution in [-0.2, 0) is 11.2 Å².